The summed E-state index contributed by atoms with van der Waals surface area (Å²) in [7, 11) is -9.94. The highest BCUT2D eigenvalue weighted by Gasteiger charge is 2.31. The monoisotopic (exact) mass is 1620 g/mol. The van der Waals surface area contributed by atoms with E-state index in [1.165, 1.54) is 315 Å². The second-order valence-corrected chi connectivity index (χ2v) is 36.9. The van der Waals surface area contributed by atoms with Crippen molar-refractivity contribution in [3.63, 3.8) is 0 Å². The molecule has 0 saturated heterocycles. The van der Waals surface area contributed by atoms with Crippen LogP contribution in [0.2, 0.25) is 0 Å². The van der Waals surface area contributed by atoms with Crippen molar-refractivity contribution >= 4 is 39.5 Å². The van der Waals surface area contributed by atoms with Crippen molar-refractivity contribution in [2.45, 2.75) is 516 Å². The Morgan fingerprint density at radius 1 is 0.243 bits per heavy atom. The molecule has 0 aromatic carbocycles. The first-order chi connectivity index (χ1) is 53.9. The lowest BCUT2D eigenvalue weighted by Gasteiger charge is -2.21. The van der Waals surface area contributed by atoms with Crippen LogP contribution >= 0.6 is 15.6 Å². The summed E-state index contributed by atoms with van der Waals surface area (Å²) >= 11 is 0. The van der Waals surface area contributed by atoms with Crippen molar-refractivity contribution in [3.05, 3.63) is 0 Å². The molecule has 0 spiro atoms. The molecule has 0 aliphatic carbocycles. The smallest absolute Gasteiger partial charge is 0.462 e. The molecule has 5 atom stereocenters. The van der Waals surface area contributed by atoms with Crippen LogP contribution in [0.3, 0.4) is 0 Å². The van der Waals surface area contributed by atoms with Crippen molar-refractivity contribution in [1.29, 1.82) is 0 Å². The molecular formula is C92H180O17P2. The highest BCUT2D eigenvalue weighted by Crippen LogP contribution is 2.45. The van der Waals surface area contributed by atoms with Crippen molar-refractivity contribution in [3.8, 4) is 0 Å². The van der Waals surface area contributed by atoms with Crippen LogP contribution in [0.15, 0.2) is 0 Å². The summed E-state index contributed by atoms with van der Waals surface area (Å²) in [4.78, 5) is 73.4. The quantitative estimate of drug-likeness (QED) is 0.0222. The number of ether oxygens (including phenoxy) is 4. The highest BCUT2D eigenvalue weighted by molar-refractivity contribution is 7.47. The molecule has 3 N–H and O–H groups in total. The van der Waals surface area contributed by atoms with Crippen molar-refractivity contribution in [2.24, 2.45) is 11.8 Å². The topological polar surface area (TPSA) is 237 Å². The first-order valence-corrected chi connectivity index (χ1v) is 50.5. The first-order valence-electron chi connectivity index (χ1n) is 47.5. The summed E-state index contributed by atoms with van der Waals surface area (Å²) < 4.78 is 69.1. The predicted molar refractivity (Wildman–Crippen MR) is 460 cm³/mol. The molecule has 660 valence electrons. The molecule has 2 unspecified atom stereocenters. The molecule has 19 heteroatoms. The molecule has 0 amide bonds. The van der Waals surface area contributed by atoms with Gasteiger partial charge < -0.3 is 33.8 Å². The van der Waals surface area contributed by atoms with Gasteiger partial charge in [0.25, 0.3) is 0 Å². The zero-order valence-corrected chi connectivity index (χ0v) is 75.1. The van der Waals surface area contributed by atoms with E-state index in [9.17, 15) is 43.2 Å². The standard InChI is InChI=1S/C92H180O17P2/c1-7-9-11-13-15-17-19-21-23-25-27-29-31-33-35-37-42-46-50-58-64-70-76-91(96)108-87(80-102-89(94)74-68-62-56-49-45-41-36-34-32-30-28-26-24-22-20-18-16-14-12-10-8-2)82-106-110(98,99)104-78-86(93)79-105-111(100,101)107-83-88(81-103-90(95)75-69-63-57-53-52-55-61-67-73-85(5)6)109-92(97)77-71-65-59-51-47-43-39-38-40-44-48-54-60-66-72-84(3)4/h84-88,93H,7-83H2,1-6H3,(H,98,99)(H,100,101)/t86-,87-,88-/m1/s1. The van der Waals surface area contributed by atoms with Gasteiger partial charge in [-0.2, -0.15) is 0 Å². The van der Waals surface area contributed by atoms with Crippen molar-refractivity contribution in [2.75, 3.05) is 39.6 Å². The normalized spacial score (nSPS) is 13.7. The lowest BCUT2D eigenvalue weighted by Crippen LogP contribution is -2.30. The zero-order valence-electron chi connectivity index (χ0n) is 73.3. The van der Waals surface area contributed by atoms with Crippen LogP contribution in [0.25, 0.3) is 0 Å². The Morgan fingerprint density at radius 3 is 0.613 bits per heavy atom. The number of rotatable bonds is 91. The molecule has 0 rings (SSSR count). The molecule has 0 aliphatic rings. The van der Waals surface area contributed by atoms with E-state index >= 15 is 0 Å². The first kappa shape index (κ1) is 109. The largest absolute Gasteiger partial charge is 0.472 e. The molecule has 0 radical (unpaired) electrons. The lowest BCUT2D eigenvalue weighted by atomic mass is 10.0. The SMILES string of the molecule is CCCCCCCCCCCCCCCCCCCCCCCCC(=O)O[C@H](COC(=O)CCCCCCCCCCCCCCCCCCCCCCC)COP(=O)(O)OC[C@@H](O)COP(=O)(O)OC[C@@H](COC(=O)CCCCCCCCCCC(C)C)OC(=O)CCCCCCCCCCCCCCCCC(C)C. The zero-order chi connectivity index (χ0) is 81.3. The van der Waals surface area contributed by atoms with Gasteiger partial charge in [-0.25, -0.2) is 9.13 Å². The Labute approximate surface area is 683 Å². The fraction of sp³-hybridized carbons (Fsp3) is 0.957. The van der Waals surface area contributed by atoms with Crippen LogP contribution < -0.4 is 0 Å². The maximum absolute atomic E-state index is 13.2. The van der Waals surface area contributed by atoms with Gasteiger partial charge in [-0.3, -0.25) is 37.3 Å². The minimum absolute atomic E-state index is 0.107. The Balaban J connectivity index is 5.22. The molecule has 0 aromatic rings. The van der Waals surface area contributed by atoms with E-state index in [0.717, 1.165) is 102 Å². The Bertz CT molecular complexity index is 2120. The maximum Gasteiger partial charge on any atom is 0.472 e. The third kappa shape index (κ3) is 85.8. The molecule has 0 aliphatic heterocycles. The molecule has 0 aromatic heterocycles. The molecule has 0 fully saturated rings. The molecule has 111 heavy (non-hydrogen) atoms. The fourth-order valence-corrected chi connectivity index (χ4v) is 16.1. The number of aliphatic hydroxyl groups is 1. The van der Waals surface area contributed by atoms with E-state index < -0.39 is 97.5 Å². The number of carbonyl (C=O) groups is 4. The lowest BCUT2D eigenvalue weighted by molar-refractivity contribution is -0.161. The van der Waals surface area contributed by atoms with Gasteiger partial charge in [0.2, 0.25) is 0 Å². The second-order valence-electron chi connectivity index (χ2n) is 34.0. The van der Waals surface area contributed by atoms with Crippen molar-refractivity contribution in [1.82, 2.24) is 0 Å². The van der Waals surface area contributed by atoms with E-state index in [2.05, 4.69) is 41.5 Å². The number of phosphoric acid groups is 2. The summed E-state index contributed by atoms with van der Waals surface area (Å²) in [6.45, 7) is 9.69. The van der Waals surface area contributed by atoms with Crippen LogP contribution in [0.4, 0.5) is 0 Å². The summed E-state index contributed by atoms with van der Waals surface area (Å²) in [6, 6.07) is 0. The number of phosphoric ester groups is 2. The van der Waals surface area contributed by atoms with E-state index in [0.29, 0.717) is 25.7 Å². The minimum Gasteiger partial charge on any atom is -0.462 e. The number of aliphatic hydroxyl groups excluding tert-OH is 1. The highest BCUT2D eigenvalue weighted by atomic mass is 31.2. The van der Waals surface area contributed by atoms with Gasteiger partial charge in [0.05, 0.1) is 26.4 Å². The van der Waals surface area contributed by atoms with Crippen LogP contribution in [0.5, 0.6) is 0 Å². The van der Waals surface area contributed by atoms with Crippen LogP contribution in [0.1, 0.15) is 497 Å². The Hall–Kier alpha value is -1.94. The van der Waals surface area contributed by atoms with Crippen LogP contribution in [0, 0.1) is 11.8 Å². The molecule has 0 saturated carbocycles. The van der Waals surface area contributed by atoms with E-state index in [-0.39, 0.29) is 25.7 Å². The predicted octanol–water partition coefficient (Wildman–Crippen LogP) is 28.6. The van der Waals surface area contributed by atoms with Gasteiger partial charge in [-0.1, -0.05) is 446 Å². The number of carbonyl (C=O) groups excluding carboxylic acids is 4. The average molecular weight is 1620 g/mol. The summed E-state index contributed by atoms with van der Waals surface area (Å²) in [5.41, 5.74) is 0. The number of esters is 4. The maximum atomic E-state index is 13.2. The van der Waals surface area contributed by atoms with Gasteiger partial charge in [0, 0.05) is 25.7 Å². The van der Waals surface area contributed by atoms with Crippen LogP contribution in [-0.4, -0.2) is 96.7 Å². The second kappa shape index (κ2) is 83.1. The third-order valence-corrected chi connectivity index (χ3v) is 23.6. The molecular weight excluding hydrogens is 1440 g/mol. The van der Waals surface area contributed by atoms with E-state index in [1.54, 1.807) is 0 Å². The Kier molecular flexibility index (Phi) is 81.7. The molecule has 0 bridgehead atoms. The minimum atomic E-state index is -4.97. The van der Waals surface area contributed by atoms with E-state index in [1.807, 2.05) is 0 Å². The van der Waals surface area contributed by atoms with Gasteiger partial charge in [-0.15, -0.1) is 0 Å². The number of unbranched alkanes of at least 4 members (excludes halogenated alkanes) is 61. The summed E-state index contributed by atoms with van der Waals surface area (Å²) in [5.74, 6) is -0.576. The fourth-order valence-electron chi connectivity index (χ4n) is 14.5. The summed E-state index contributed by atoms with van der Waals surface area (Å²) in [5, 5.41) is 10.7. The third-order valence-electron chi connectivity index (χ3n) is 21.7. The number of hydrogen-bond donors (Lipinski definition) is 3. The molecule has 0 heterocycles. The Morgan fingerprint density at radius 2 is 0.414 bits per heavy atom. The van der Waals surface area contributed by atoms with Gasteiger partial charge in [-0.05, 0) is 37.5 Å². The number of hydrogen-bond acceptors (Lipinski definition) is 15. The van der Waals surface area contributed by atoms with Crippen molar-refractivity contribution < 1.29 is 80.2 Å². The van der Waals surface area contributed by atoms with Gasteiger partial charge >= 0.3 is 39.5 Å². The van der Waals surface area contributed by atoms with E-state index in [4.69, 9.17) is 37.0 Å². The summed E-state index contributed by atoms with van der Waals surface area (Å²) in [6.07, 6.45) is 78.1. The van der Waals surface area contributed by atoms with Gasteiger partial charge in [0.15, 0.2) is 12.2 Å². The van der Waals surface area contributed by atoms with Gasteiger partial charge in [0.1, 0.15) is 19.3 Å². The average Bonchev–Trinajstić information content (AvgIpc) is 0.900. The van der Waals surface area contributed by atoms with Crippen LogP contribution in [-0.2, 0) is 65.4 Å². The molecule has 17 nitrogen and oxygen atoms in total.